The number of carbonyl (C=O) groups excluding carboxylic acids is 1. The summed E-state index contributed by atoms with van der Waals surface area (Å²) in [6.45, 7) is 1.28. The minimum absolute atomic E-state index is 0.0448. The highest BCUT2D eigenvalue weighted by atomic mass is 32.2. The van der Waals surface area contributed by atoms with E-state index in [1.54, 1.807) is 7.11 Å². The van der Waals surface area contributed by atoms with Gasteiger partial charge in [0.15, 0.2) is 9.84 Å². The highest BCUT2D eigenvalue weighted by Crippen LogP contribution is 2.07. The average molecular weight is 248 g/mol. The maximum Gasteiger partial charge on any atom is 0.234 e. The highest BCUT2D eigenvalue weighted by Gasteiger charge is 2.22. The van der Waals surface area contributed by atoms with Gasteiger partial charge in [0.1, 0.15) is 0 Å². The van der Waals surface area contributed by atoms with Crippen LogP contribution in [0.3, 0.4) is 0 Å². The Labute approximate surface area is 95.0 Å². The van der Waals surface area contributed by atoms with Crippen molar-refractivity contribution in [2.24, 2.45) is 0 Å². The molecule has 0 spiro atoms. The number of rotatable bonds is 6. The van der Waals surface area contributed by atoms with Crippen molar-refractivity contribution in [3.63, 3.8) is 0 Å². The standard InChI is InChI=1S/C9H16N2O4S/c1-15-4-3-10-6-9(12)11-8-2-5-16(13,14)7-8/h2,5,8,10H,3-4,6-7H2,1H3,(H,11,12). The smallest absolute Gasteiger partial charge is 0.234 e. The maximum atomic E-state index is 11.3. The molecule has 7 heteroatoms. The number of ether oxygens (including phenoxy) is 1. The van der Waals surface area contributed by atoms with Crippen LogP contribution in [0.15, 0.2) is 11.5 Å². The summed E-state index contributed by atoms with van der Waals surface area (Å²) < 4.78 is 26.9. The fraction of sp³-hybridized carbons (Fsp3) is 0.667. The number of hydrogen-bond donors (Lipinski definition) is 2. The first-order valence-electron chi connectivity index (χ1n) is 4.93. The molecule has 1 aliphatic rings. The molecular formula is C9H16N2O4S. The Bertz CT molecular complexity index is 364. The normalized spacial score (nSPS) is 22.2. The third-order valence-electron chi connectivity index (χ3n) is 2.04. The van der Waals surface area contributed by atoms with Crippen molar-refractivity contribution in [1.82, 2.24) is 10.6 Å². The van der Waals surface area contributed by atoms with Crippen LogP contribution in [0, 0.1) is 0 Å². The summed E-state index contributed by atoms with van der Waals surface area (Å²) in [6, 6.07) is -0.401. The van der Waals surface area contributed by atoms with Crippen molar-refractivity contribution < 1.29 is 17.9 Å². The summed E-state index contributed by atoms with van der Waals surface area (Å²) in [4.78, 5) is 11.3. The van der Waals surface area contributed by atoms with E-state index in [4.69, 9.17) is 4.74 Å². The van der Waals surface area contributed by atoms with Crippen LogP contribution in [0.5, 0.6) is 0 Å². The summed E-state index contributed by atoms with van der Waals surface area (Å²) in [5, 5.41) is 6.61. The number of amides is 1. The van der Waals surface area contributed by atoms with Gasteiger partial charge in [-0.25, -0.2) is 8.42 Å². The molecule has 1 atom stereocenters. The van der Waals surface area contributed by atoms with Crippen LogP contribution in [0.25, 0.3) is 0 Å². The molecule has 1 rings (SSSR count). The lowest BCUT2D eigenvalue weighted by molar-refractivity contribution is -0.120. The van der Waals surface area contributed by atoms with Gasteiger partial charge in [0.2, 0.25) is 5.91 Å². The van der Waals surface area contributed by atoms with Crippen molar-refractivity contribution in [2.75, 3.05) is 32.6 Å². The minimum Gasteiger partial charge on any atom is -0.383 e. The van der Waals surface area contributed by atoms with Crippen LogP contribution < -0.4 is 10.6 Å². The van der Waals surface area contributed by atoms with E-state index in [9.17, 15) is 13.2 Å². The summed E-state index contributed by atoms with van der Waals surface area (Å²) in [5.41, 5.74) is 0. The van der Waals surface area contributed by atoms with E-state index in [0.29, 0.717) is 13.2 Å². The number of hydrogen-bond acceptors (Lipinski definition) is 5. The quantitative estimate of drug-likeness (QED) is 0.568. The van der Waals surface area contributed by atoms with Gasteiger partial charge in [0.25, 0.3) is 0 Å². The monoisotopic (exact) mass is 248 g/mol. The van der Waals surface area contributed by atoms with Crippen molar-refractivity contribution in [3.05, 3.63) is 11.5 Å². The zero-order valence-electron chi connectivity index (χ0n) is 9.10. The molecule has 6 nitrogen and oxygen atoms in total. The second kappa shape index (κ2) is 5.97. The van der Waals surface area contributed by atoms with Crippen LogP contribution in [-0.4, -0.2) is 52.9 Å². The Morgan fingerprint density at radius 1 is 1.56 bits per heavy atom. The molecule has 1 unspecified atom stereocenters. The predicted octanol–water partition coefficient (Wildman–Crippen LogP) is -1.35. The second-order valence-electron chi connectivity index (χ2n) is 3.50. The summed E-state index contributed by atoms with van der Waals surface area (Å²) in [5.74, 6) is -0.264. The first kappa shape index (κ1) is 13.1. The summed E-state index contributed by atoms with van der Waals surface area (Å²) >= 11 is 0. The third kappa shape index (κ3) is 4.73. The van der Waals surface area contributed by atoms with Gasteiger partial charge < -0.3 is 15.4 Å². The molecule has 1 aliphatic heterocycles. The molecule has 1 heterocycles. The van der Waals surface area contributed by atoms with Crippen molar-refractivity contribution in [2.45, 2.75) is 6.04 Å². The molecule has 0 aliphatic carbocycles. The third-order valence-corrected chi connectivity index (χ3v) is 3.44. The summed E-state index contributed by atoms with van der Waals surface area (Å²) in [7, 11) is -1.53. The lowest BCUT2D eigenvalue weighted by atomic mass is 10.3. The molecule has 0 fully saturated rings. The van der Waals surface area contributed by atoms with E-state index in [0.717, 1.165) is 5.41 Å². The van der Waals surface area contributed by atoms with Gasteiger partial charge in [-0.1, -0.05) is 0 Å². The number of sulfone groups is 1. The van der Waals surface area contributed by atoms with Crippen LogP contribution in [0.4, 0.5) is 0 Å². The van der Waals surface area contributed by atoms with E-state index in [1.165, 1.54) is 6.08 Å². The Kier molecular flexibility index (Phi) is 4.91. The van der Waals surface area contributed by atoms with Crippen molar-refractivity contribution in [3.8, 4) is 0 Å². The molecule has 0 bridgehead atoms. The first-order valence-corrected chi connectivity index (χ1v) is 6.65. The summed E-state index contributed by atoms with van der Waals surface area (Å²) in [6.07, 6.45) is 1.49. The zero-order chi connectivity index (χ0) is 12.0. The molecule has 2 N–H and O–H groups in total. The average Bonchev–Trinajstić information content (AvgIpc) is 2.53. The van der Waals surface area contributed by atoms with E-state index < -0.39 is 15.9 Å². The molecule has 92 valence electrons. The van der Waals surface area contributed by atoms with Gasteiger partial charge in [0, 0.05) is 19.1 Å². The topological polar surface area (TPSA) is 84.5 Å². The van der Waals surface area contributed by atoms with Crippen LogP contribution in [0.1, 0.15) is 0 Å². The molecule has 0 aromatic heterocycles. The number of methoxy groups -OCH3 is 1. The molecule has 1 amide bonds. The van der Waals surface area contributed by atoms with Gasteiger partial charge in [-0.2, -0.15) is 0 Å². The fourth-order valence-corrected chi connectivity index (χ4v) is 2.53. The van der Waals surface area contributed by atoms with Crippen molar-refractivity contribution in [1.29, 1.82) is 0 Å². The molecule has 0 saturated carbocycles. The van der Waals surface area contributed by atoms with Gasteiger partial charge >= 0.3 is 0 Å². The Morgan fingerprint density at radius 3 is 2.88 bits per heavy atom. The molecule has 0 aromatic rings. The van der Waals surface area contributed by atoms with Gasteiger partial charge in [-0.3, -0.25) is 4.79 Å². The molecular weight excluding hydrogens is 232 g/mol. The van der Waals surface area contributed by atoms with Crippen LogP contribution in [-0.2, 0) is 19.4 Å². The van der Waals surface area contributed by atoms with E-state index >= 15 is 0 Å². The zero-order valence-corrected chi connectivity index (χ0v) is 9.92. The second-order valence-corrected chi connectivity index (χ2v) is 5.43. The Morgan fingerprint density at radius 2 is 2.31 bits per heavy atom. The molecule has 0 aromatic carbocycles. The Hall–Kier alpha value is -0.920. The lowest BCUT2D eigenvalue weighted by Gasteiger charge is -2.10. The lowest BCUT2D eigenvalue weighted by Crippen LogP contribution is -2.41. The van der Waals surface area contributed by atoms with Crippen LogP contribution >= 0.6 is 0 Å². The number of carbonyl (C=O) groups is 1. The predicted molar refractivity (Wildman–Crippen MR) is 59.6 cm³/mol. The number of nitrogens with one attached hydrogen (secondary N) is 2. The van der Waals surface area contributed by atoms with Crippen molar-refractivity contribution >= 4 is 15.7 Å². The van der Waals surface area contributed by atoms with E-state index in [-0.39, 0.29) is 18.2 Å². The minimum atomic E-state index is -3.11. The van der Waals surface area contributed by atoms with Gasteiger partial charge in [-0.05, 0) is 6.08 Å². The van der Waals surface area contributed by atoms with E-state index in [2.05, 4.69) is 10.6 Å². The van der Waals surface area contributed by atoms with E-state index in [1.807, 2.05) is 0 Å². The highest BCUT2D eigenvalue weighted by molar-refractivity contribution is 7.94. The van der Waals surface area contributed by atoms with Gasteiger partial charge in [0.05, 0.1) is 24.9 Å². The molecule has 0 saturated heterocycles. The Balaban J connectivity index is 2.18. The molecule has 16 heavy (non-hydrogen) atoms. The SMILES string of the molecule is COCCNCC(=O)NC1C=CS(=O)(=O)C1. The van der Waals surface area contributed by atoms with Crippen LogP contribution in [0.2, 0.25) is 0 Å². The maximum absolute atomic E-state index is 11.3. The largest absolute Gasteiger partial charge is 0.383 e. The van der Waals surface area contributed by atoms with Gasteiger partial charge in [-0.15, -0.1) is 0 Å². The fourth-order valence-electron chi connectivity index (χ4n) is 1.30. The first-order chi connectivity index (χ1) is 7.53. The molecule has 0 radical (unpaired) electrons.